The van der Waals surface area contributed by atoms with Gasteiger partial charge in [0, 0.05) is 5.92 Å². The minimum absolute atomic E-state index is 0.0145. The monoisotopic (exact) mass is 419 g/mol. The molecule has 0 radical (unpaired) electrons. The molecule has 2 saturated carbocycles. The molecule has 2 aromatic carbocycles. The predicted molar refractivity (Wildman–Crippen MR) is 118 cm³/mol. The average Bonchev–Trinajstić information content (AvgIpc) is 3.10. The van der Waals surface area contributed by atoms with Gasteiger partial charge in [0.1, 0.15) is 6.61 Å². The summed E-state index contributed by atoms with van der Waals surface area (Å²) in [5, 5.41) is 12.8. The molecule has 0 heterocycles. The Morgan fingerprint density at radius 3 is 2.16 bits per heavy atom. The summed E-state index contributed by atoms with van der Waals surface area (Å²) in [7, 11) is 0. The average molecular weight is 420 g/mol. The highest BCUT2D eigenvalue weighted by atomic mass is 16.5. The molecule has 0 spiro atoms. The van der Waals surface area contributed by atoms with Crippen molar-refractivity contribution in [2.45, 2.75) is 45.1 Å². The number of carbonyl (C=O) groups is 2. The Bertz CT molecular complexity index is 1020. The number of fused-ring (bicyclic) bond motifs is 4. The molecular formula is C26H29NO4. The summed E-state index contributed by atoms with van der Waals surface area (Å²) in [5.41, 5.74) is 4.02. The summed E-state index contributed by atoms with van der Waals surface area (Å²) in [6.45, 7) is 6.48. The van der Waals surface area contributed by atoms with Gasteiger partial charge in [-0.2, -0.15) is 0 Å². The van der Waals surface area contributed by atoms with Crippen molar-refractivity contribution in [2.24, 2.45) is 23.2 Å². The SMILES string of the molecule is CC1(C)C2C[C@@H](C(=O)O)[C@@](C)(NC(=O)OCC3c4ccccc4-c4ccccc43)C[C@@H]21. The first kappa shape index (κ1) is 20.1. The van der Waals surface area contributed by atoms with Crippen LogP contribution >= 0.6 is 0 Å². The lowest BCUT2D eigenvalue weighted by Gasteiger charge is -2.39. The minimum Gasteiger partial charge on any atom is -0.481 e. The number of nitrogens with one attached hydrogen (secondary N) is 1. The Hall–Kier alpha value is -2.82. The van der Waals surface area contributed by atoms with Crippen molar-refractivity contribution in [1.82, 2.24) is 5.32 Å². The van der Waals surface area contributed by atoms with Gasteiger partial charge in [0.2, 0.25) is 0 Å². The van der Waals surface area contributed by atoms with E-state index in [-0.39, 0.29) is 17.9 Å². The van der Waals surface area contributed by atoms with Crippen molar-refractivity contribution in [2.75, 3.05) is 6.61 Å². The molecule has 1 unspecified atom stereocenters. The van der Waals surface area contributed by atoms with Crippen LogP contribution in [0.2, 0.25) is 0 Å². The summed E-state index contributed by atoms with van der Waals surface area (Å²) < 4.78 is 5.69. The van der Waals surface area contributed by atoms with Gasteiger partial charge in [-0.15, -0.1) is 0 Å². The van der Waals surface area contributed by atoms with Crippen LogP contribution < -0.4 is 5.32 Å². The highest BCUT2D eigenvalue weighted by Crippen LogP contribution is 2.67. The molecule has 2 aromatic rings. The van der Waals surface area contributed by atoms with Crippen LogP contribution in [0.5, 0.6) is 0 Å². The van der Waals surface area contributed by atoms with Crippen LogP contribution in [0.1, 0.15) is 50.7 Å². The van der Waals surface area contributed by atoms with Crippen LogP contribution in [0.3, 0.4) is 0 Å². The van der Waals surface area contributed by atoms with Gasteiger partial charge in [-0.3, -0.25) is 4.79 Å². The first-order valence-corrected chi connectivity index (χ1v) is 11.1. The lowest BCUT2D eigenvalue weighted by atomic mass is 9.74. The zero-order valence-corrected chi connectivity index (χ0v) is 18.2. The number of amides is 1. The van der Waals surface area contributed by atoms with Gasteiger partial charge in [-0.1, -0.05) is 62.4 Å². The third kappa shape index (κ3) is 3.13. The van der Waals surface area contributed by atoms with Gasteiger partial charge in [0.25, 0.3) is 0 Å². The van der Waals surface area contributed by atoms with Crippen LogP contribution in [0, 0.1) is 23.2 Å². The summed E-state index contributed by atoms with van der Waals surface area (Å²) in [6.07, 6.45) is 0.742. The Labute approximate surface area is 182 Å². The molecule has 0 saturated heterocycles. The topological polar surface area (TPSA) is 75.6 Å². The van der Waals surface area contributed by atoms with Crippen molar-refractivity contribution >= 4 is 12.1 Å². The second-order valence-corrected chi connectivity index (χ2v) is 10.2. The van der Waals surface area contributed by atoms with E-state index in [1.807, 2.05) is 31.2 Å². The quantitative estimate of drug-likeness (QED) is 0.727. The number of benzene rings is 2. The van der Waals surface area contributed by atoms with E-state index in [0.717, 1.165) is 11.1 Å². The van der Waals surface area contributed by atoms with E-state index < -0.39 is 23.5 Å². The zero-order valence-electron chi connectivity index (χ0n) is 18.2. The predicted octanol–water partition coefficient (Wildman–Crippen LogP) is 5.05. The largest absolute Gasteiger partial charge is 0.481 e. The van der Waals surface area contributed by atoms with Crippen LogP contribution in [0.25, 0.3) is 11.1 Å². The smallest absolute Gasteiger partial charge is 0.407 e. The maximum Gasteiger partial charge on any atom is 0.407 e. The molecule has 3 aliphatic rings. The molecule has 31 heavy (non-hydrogen) atoms. The number of carbonyl (C=O) groups excluding carboxylic acids is 1. The highest BCUT2D eigenvalue weighted by molar-refractivity contribution is 5.79. The lowest BCUT2D eigenvalue weighted by Crippen LogP contribution is -2.56. The molecule has 3 aliphatic carbocycles. The molecule has 5 nitrogen and oxygen atoms in total. The van der Waals surface area contributed by atoms with E-state index in [1.165, 1.54) is 11.1 Å². The molecule has 2 N–H and O–H groups in total. The molecule has 0 aliphatic heterocycles. The van der Waals surface area contributed by atoms with E-state index in [2.05, 4.69) is 43.4 Å². The molecule has 5 heteroatoms. The fourth-order valence-corrected chi connectivity index (χ4v) is 6.22. The number of hydrogen-bond acceptors (Lipinski definition) is 3. The summed E-state index contributed by atoms with van der Waals surface area (Å²) in [5.74, 6) is -0.592. The number of carboxylic acids is 1. The van der Waals surface area contributed by atoms with Gasteiger partial charge in [0.15, 0.2) is 0 Å². The fourth-order valence-electron chi connectivity index (χ4n) is 6.22. The second kappa shape index (κ2) is 6.84. The maximum absolute atomic E-state index is 12.8. The van der Waals surface area contributed by atoms with Gasteiger partial charge in [0.05, 0.1) is 11.5 Å². The van der Waals surface area contributed by atoms with E-state index in [4.69, 9.17) is 4.74 Å². The number of ether oxygens (including phenoxy) is 1. The number of hydrogen-bond donors (Lipinski definition) is 2. The summed E-state index contributed by atoms with van der Waals surface area (Å²) in [4.78, 5) is 24.8. The Balaban J connectivity index is 1.31. The van der Waals surface area contributed by atoms with Crippen molar-refractivity contribution in [3.63, 3.8) is 0 Å². The molecule has 162 valence electrons. The van der Waals surface area contributed by atoms with Crippen LogP contribution in [0.15, 0.2) is 48.5 Å². The molecular weight excluding hydrogens is 390 g/mol. The van der Waals surface area contributed by atoms with Gasteiger partial charge >= 0.3 is 12.1 Å². The van der Waals surface area contributed by atoms with E-state index in [0.29, 0.717) is 24.7 Å². The molecule has 2 fully saturated rings. The first-order chi connectivity index (χ1) is 14.7. The van der Waals surface area contributed by atoms with Crippen LogP contribution in [-0.2, 0) is 9.53 Å². The van der Waals surface area contributed by atoms with E-state index in [1.54, 1.807) is 0 Å². The van der Waals surface area contributed by atoms with Crippen molar-refractivity contribution in [1.29, 1.82) is 0 Å². The van der Waals surface area contributed by atoms with E-state index >= 15 is 0 Å². The Morgan fingerprint density at radius 1 is 1.00 bits per heavy atom. The highest BCUT2D eigenvalue weighted by Gasteiger charge is 2.65. The first-order valence-electron chi connectivity index (χ1n) is 11.1. The number of rotatable bonds is 4. The van der Waals surface area contributed by atoms with Gasteiger partial charge < -0.3 is 15.2 Å². The zero-order chi connectivity index (χ0) is 22.0. The van der Waals surface area contributed by atoms with Crippen molar-refractivity contribution in [3.8, 4) is 11.1 Å². The Kier molecular flexibility index (Phi) is 4.44. The molecule has 4 atom stereocenters. The van der Waals surface area contributed by atoms with Crippen LogP contribution in [0.4, 0.5) is 4.79 Å². The summed E-state index contributed by atoms with van der Waals surface area (Å²) in [6, 6.07) is 16.4. The molecule has 0 bridgehead atoms. The normalized spacial score (nSPS) is 30.0. The number of carboxylic acid groups (broad SMARTS) is 1. The third-order valence-corrected chi connectivity index (χ3v) is 8.22. The lowest BCUT2D eigenvalue weighted by molar-refractivity contribution is -0.146. The van der Waals surface area contributed by atoms with E-state index in [9.17, 15) is 14.7 Å². The van der Waals surface area contributed by atoms with Crippen molar-refractivity contribution < 1.29 is 19.4 Å². The third-order valence-electron chi connectivity index (χ3n) is 8.22. The van der Waals surface area contributed by atoms with Gasteiger partial charge in [-0.25, -0.2) is 4.79 Å². The minimum atomic E-state index is -0.845. The van der Waals surface area contributed by atoms with Gasteiger partial charge in [-0.05, 0) is 59.3 Å². The van der Waals surface area contributed by atoms with Crippen molar-refractivity contribution in [3.05, 3.63) is 59.7 Å². The number of alkyl carbamates (subject to hydrolysis) is 1. The molecule has 0 aromatic heterocycles. The second-order valence-electron chi connectivity index (χ2n) is 10.2. The number of aliphatic carboxylic acids is 1. The van der Waals surface area contributed by atoms with Crippen LogP contribution in [-0.4, -0.2) is 29.3 Å². The standard InChI is InChI=1S/C26H29NO4/c1-25(2)20-12-21(23(28)29)26(3,13-22(20)25)27-24(30)31-14-19-17-10-6-4-8-15(17)16-9-5-7-11-18(16)19/h4-11,19-22H,12-14H2,1-3H3,(H,27,30)(H,28,29)/t20?,21-,22-,26-/m0/s1. The summed E-state index contributed by atoms with van der Waals surface area (Å²) >= 11 is 0. The fraction of sp³-hybridized carbons (Fsp3) is 0.462. The molecule has 1 amide bonds. The maximum atomic E-state index is 12.8. The molecule has 5 rings (SSSR count). The Morgan fingerprint density at radius 2 is 1.58 bits per heavy atom.